The second kappa shape index (κ2) is 8.75. The quantitative estimate of drug-likeness (QED) is 0.543. The van der Waals surface area contributed by atoms with Gasteiger partial charge in [0.1, 0.15) is 0 Å². The van der Waals surface area contributed by atoms with Crippen LogP contribution >= 0.6 is 0 Å². The molecule has 3 aromatic rings. The fraction of sp³-hybridized carbons (Fsp3) is 0.182. The smallest absolute Gasteiger partial charge is 0.263 e. The molecule has 2 atom stereocenters. The number of amides is 1. The molecule has 32 heavy (non-hydrogen) atoms. The minimum Gasteiger partial charge on any atom is -0.550 e. The number of nitrogens with zero attached hydrogens (tertiary/aromatic N) is 2. The summed E-state index contributed by atoms with van der Waals surface area (Å²) in [6, 6.07) is 12.6. The Labute approximate surface area is 184 Å². The predicted molar refractivity (Wildman–Crippen MR) is 116 cm³/mol. The van der Waals surface area contributed by atoms with E-state index in [1.807, 2.05) is 6.07 Å². The standard InChI is InChI=1S/C22H20N4O5S/c27-21(16-5-1-2-6-17(16)22(28)29)24-14-9-11-15(12-10-14)32(30,31)26-20-13-23-18-7-3-4-8-19(18)25-20/h1-4,7-13,16-17H,5-6H2,(H,24,27)(H,25,26)(H,28,29)/p-1/t16-,17-/m0/s1. The van der Waals surface area contributed by atoms with Crippen LogP contribution in [0.15, 0.2) is 71.8 Å². The highest BCUT2D eigenvalue weighted by molar-refractivity contribution is 7.92. The number of nitrogens with one attached hydrogen (secondary N) is 2. The Morgan fingerprint density at radius 3 is 2.28 bits per heavy atom. The Bertz CT molecular complexity index is 1310. The zero-order chi connectivity index (χ0) is 22.7. The zero-order valence-electron chi connectivity index (χ0n) is 16.8. The molecule has 1 aromatic heterocycles. The van der Waals surface area contributed by atoms with Gasteiger partial charge in [-0.1, -0.05) is 24.3 Å². The topological polar surface area (TPSA) is 141 Å². The van der Waals surface area contributed by atoms with Crippen molar-refractivity contribution < 1.29 is 23.1 Å². The van der Waals surface area contributed by atoms with Crippen LogP contribution in [0.1, 0.15) is 12.8 Å². The van der Waals surface area contributed by atoms with Gasteiger partial charge in [-0.15, -0.1) is 0 Å². The van der Waals surface area contributed by atoms with E-state index >= 15 is 0 Å². The molecule has 9 nitrogen and oxygen atoms in total. The van der Waals surface area contributed by atoms with Crippen molar-refractivity contribution in [2.45, 2.75) is 17.7 Å². The Hall–Kier alpha value is -3.79. The van der Waals surface area contributed by atoms with Crippen molar-refractivity contribution in [2.24, 2.45) is 11.8 Å². The van der Waals surface area contributed by atoms with Gasteiger partial charge in [-0.25, -0.2) is 13.4 Å². The fourth-order valence-electron chi connectivity index (χ4n) is 3.52. The number of hydrogen-bond acceptors (Lipinski definition) is 7. The van der Waals surface area contributed by atoms with Crippen molar-refractivity contribution in [3.8, 4) is 0 Å². The molecule has 1 heterocycles. The number of carbonyl (C=O) groups excluding carboxylic acids is 2. The summed E-state index contributed by atoms with van der Waals surface area (Å²) in [6.45, 7) is 0. The lowest BCUT2D eigenvalue weighted by atomic mass is 9.82. The molecule has 0 saturated heterocycles. The molecule has 0 unspecified atom stereocenters. The average Bonchev–Trinajstić information content (AvgIpc) is 2.79. The van der Waals surface area contributed by atoms with Crippen molar-refractivity contribution in [2.75, 3.05) is 10.0 Å². The van der Waals surface area contributed by atoms with Crippen LogP contribution in [0.2, 0.25) is 0 Å². The van der Waals surface area contributed by atoms with Crippen LogP contribution < -0.4 is 15.1 Å². The largest absolute Gasteiger partial charge is 0.550 e. The van der Waals surface area contributed by atoms with Crippen LogP contribution in [0.3, 0.4) is 0 Å². The van der Waals surface area contributed by atoms with Gasteiger partial charge in [0, 0.05) is 17.6 Å². The first kappa shape index (κ1) is 21.4. The van der Waals surface area contributed by atoms with Crippen molar-refractivity contribution in [1.82, 2.24) is 9.97 Å². The van der Waals surface area contributed by atoms with Crippen molar-refractivity contribution >= 4 is 44.4 Å². The molecule has 1 amide bonds. The van der Waals surface area contributed by atoms with E-state index < -0.39 is 33.7 Å². The van der Waals surface area contributed by atoms with Gasteiger partial charge < -0.3 is 15.2 Å². The fourth-order valence-corrected chi connectivity index (χ4v) is 4.51. The monoisotopic (exact) mass is 451 g/mol. The van der Waals surface area contributed by atoms with E-state index in [0.29, 0.717) is 23.1 Å². The number of hydrogen-bond donors (Lipinski definition) is 2. The molecule has 10 heteroatoms. The molecular weight excluding hydrogens is 432 g/mol. The summed E-state index contributed by atoms with van der Waals surface area (Å²) in [5, 5.41) is 13.9. The van der Waals surface area contributed by atoms with Crippen LogP contribution in [0.5, 0.6) is 0 Å². The van der Waals surface area contributed by atoms with Crippen molar-refractivity contribution in [3.63, 3.8) is 0 Å². The number of para-hydroxylation sites is 2. The van der Waals surface area contributed by atoms with Gasteiger partial charge in [0.15, 0.2) is 5.82 Å². The normalized spacial score (nSPS) is 18.2. The van der Waals surface area contributed by atoms with Gasteiger partial charge in [0.25, 0.3) is 10.0 Å². The SMILES string of the molecule is O=C([O-])[C@H]1CC=CC[C@@H]1C(=O)Nc1ccc(S(=O)(=O)Nc2cnc3ccccc3n2)cc1. The van der Waals surface area contributed by atoms with Gasteiger partial charge >= 0.3 is 0 Å². The molecule has 1 aliphatic rings. The molecule has 4 rings (SSSR count). The van der Waals surface area contributed by atoms with Crippen molar-refractivity contribution in [1.29, 1.82) is 0 Å². The summed E-state index contributed by atoms with van der Waals surface area (Å²) < 4.78 is 27.8. The summed E-state index contributed by atoms with van der Waals surface area (Å²) >= 11 is 0. The third-order valence-electron chi connectivity index (χ3n) is 5.19. The minimum absolute atomic E-state index is 0.0290. The van der Waals surface area contributed by atoms with E-state index in [4.69, 9.17) is 0 Å². The highest BCUT2D eigenvalue weighted by Crippen LogP contribution is 2.27. The summed E-state index contributed by atoms with van der Waals surface area (Å²) in [4.78, 5) is 32.2. The number of aromatic nitrogens is 2. The van der Waals surface area contributed by atoms with Crippen LogP contribution in [0, 0.1) is 11.8 Å². The Balaban J connectivity index is 1.46. The van der Waals surface area contributed by atoms with Gasteiger partial charge in [-0.2, -0.15) is 0 Å². The van der Waals surface area contributed by atoms with Crippen LogP contribution in [0.4, 0.5) is 11.5 Å². The Kier molecular flexibility index (Phi) is 5.87. The Morgan fingerprint density at radius 1 is 0.938 bits per heavy atom. The lowest BCUT2D eigenvalue weighted by molar-refractivity contribution is -0.313. The van der Waals surface area contributed by atoms with Crippen molar-refractivity contribution in [3.05, 3.63) is 66.9 Å². The second-order valence-corrected chi connectivity index (χ2v) is 9.02. The maximum absolute atomic E-state index is 12.7. The van der Waals surface area contributed by atoms with E-state index in [-0.39, 0.29) is 17.1 Å². The average molecular weight is 451 g/mol. The van der Waals surface area contributed by atoms with Crippen LogP contribution in [0.25, 0.3) is 11.0 Å². The van der Waals surface area contributed by atoms with Crippen LogP contribution in [-0.2, 0) is 19.6 Å². The lowest BCUT2D eigenvalue weighted by Gasteiger charge is -2.28. The van der Waals surface area contributed by atoms with E-state index in [2.05, 4.69) is 20.0 Å². The summed E-state index contributed by atoms with van der Waals surface area (Å²) in [5.41, 5.74) is 1.55. The van der Waals surface area contributed by atoms with Gasteiger partial charge in [-0.05, 0) is 49.2 Å². The molecule has 2 aromatic carbocycles. The van der Waals surface area contributed by atoms with E-state index in [1.165, 1.54) is 30.5 Å². The molecule has 0 aliphatic heterocycles. The van der Waals surface area contributed by atoms with E-state index in [9.17, 15) is 23.1 Å². The molecule has 164 valence electrons. The highest BCUT2D eigenvalue weighted by atomic mass is 32.2. The number of carboxylic acids is 1. The molecule has 2 N–H and O–H groups in total. The highest BCUT2D eigenvalue weighted by Gasteiger charge is 2.29. The van der Waals surface area contributed by atoms with E-state index in [0.717, 1.165) is 0 Å². The number of rotatable bonds is 6. The summed E-state index contributed by atoms with van der Waals surface area (Å²) in [7, 11) is -3.93. The molecule has 0 spiro atoms. The first-order chi connectivity index (χ1) is 15.3. The number of sulfonamides is 1. The molecule has 0 fully saturated rings. The lowest BCUT2D eigenvalue weighted by Crippen LogP contribution is -2.41. The Morgan fingerprint density at radius 2 is 1.59 bits per heavy atom. The first-order valence-electron chi connectivity index (χ1n) is 9.85. The number of carbonyl (C=O) groups is 2. The molecule has 0 bridgehead atoms. The number of fused-ring (bicyclic) bond motifs is 1. The maximum Gasteiger partial charge on any atom is 0.263 e. The minimum atomic E-state index is -3.93. The second-order valence-electron chi connectivity index (χ2n) is 7.34. The third kappa shape index (κ3) is 4.59. The number of aliphatic carboxylic acids is 1. The molecular formula is C22H19N4O5S-. The maximum atomic E-state index is 12.7. The van der Waals surface area contributed by atoms with Gasteiger partial charge in [0.2, 0.25) is 5.91 Å². The van der Waals surface area contributed by atoms with E-state index in [1.54, 1.807) is 30.4 Å². The van der Waals surface area contributed by atoms with Gasteiger partial charge in [-0.3, -0.25) is 14.5 Å². The van der Waals surface area contributed by atoms with Gasteiger partial charge in [0.05, 0.1) is 28.0 Å². The number of carboxylic acid groups (broad SMARTS) is 1. The van der Waals surface area contributed by atoms with Crippen LogP contribution in [-0.4, -0.2) is 30.3 Å². The third-order valence-corrected chi connectivity index (χ3v) is 6.56. The molecule has 1 aliphatic carbocycles. The molecule has 0 radical (unpaired) electrons. The summed E-state index contributed by atoms with van der Waals surface area (Å²) in [6.07, 6.45) is 5.35. The number of benzene rings is 2. The number of anilines is 2. The summed E-state index contributed by atoms with van der Waals surface area (Å²) in [5.74, 6) is -3.28. The molecule has 0 saturated carbocycles. The first-order valence-corrected chi connectivity index (χ1v) is 11.3. The predicted octanol–water partition coefficient (Wildman–Crippen LogP) is 1.70. The number of allylic oxidation sites excluding steroid dienone is 2. The zero-order valence-corrected chi connectivity index (χ0v) is 17.6.